The van der Waals surface area contributed by atoms with Crippen LogP contribution < -0.4 is 9.92 Å². The first-order valence-corrected chi connectivity index (χ1v) is 20.2. The molecule has 1 aliphatic heterocycles. The Bertz CT molecular complexity index is 1710. The van der Waals surface area contributed by atoms with Crippen molar-refractivity contribution in [2.24, 2.45) is 17.3 Å². The van der Waals surface area contributed by atoms with Crippen LogP contribution in [-0.4, -0.2) is 23.9 Å². The van der Waals surface area contributed by atoms with Crippen LogP contribution in [0.4, 0.5) is 0 Å². The van der Waals surface area contributed by atoms with Crippen LogP contribution in [0.15, 0.2) is 60.5 Å². The van der Waals surface area contributed by atoms with E-state index in [1.54, 1.807) is 0 Å². The molecule has 0 aliphatic carbocycles. The minimum Gasteiger partial charge on any atom is -0.512 e. The molecule has 46 heavy (non-hydrogen) atoms. The normalized spacial score (nSPS) is 12.8. The molecule has 5 rings (SSSR count). The molecule has 1 N–H and O–H groups in total. The third-order valence-electron chi connectivity index (χ3n) is 8.94. The average Bonchev–Trinajstić information content (AvgIpc) is 2.98. The summed E-state index contributed by atoms with van der Waals surface area (Å²) in [6.45, 7) is 22.1. The van der Waals surface area contributed by atoms with Gasteiger partial charge in [-0.25, -0.2) is 0 Å². The molecule has 1 aliphatic rings. The number of aromatic nitrogens is 1. The summed E-state index contributed by atoms with van der Waals surface area (Å²) in [7, 11) is -1.49. The molecule has 0 saturated heterocycles. The van der Waals surface area contributed by atoms with E-state index in [2.05, 4.69) is 88.9 Å². The molecular weight excluding hydrogens is 763 g/mol. The van der Waals surface area contributed by atoms with Gasteiger partial charge in [-0.15, -0.1) is 17.5 Å². The van der Waals surface area contributed by atoms with Gasteiger partial charge in [0.05, 0.1) is 19.6 Å². The van der Waals surface area contributed by atoms with E-state index in [-0.39, 0.29) is 48.9 Å². The van der Waals surface area contributed by atoms with Crippen LogP contribution in [0.25, 0.3) is 32.8 Å². The number of ketones is 1. The monoisotopic (exact) mass is 815 g/mol. The molecule has 0 bridgehead atoms. The molecule has 0 spiro atoms. The first-order chi connectivity index (χ1) is 21.2. The van der Waals surface area contributed by atoms with Gasteiger partial charge in [-0.1, -0.05) is 114 Å². The maximum absolute atomic E-state index is 11.7. The standard InChI is InChI=1S/C27H28NOSi.C13H24O2.Ir/c1-27(2,3)16-22-20-10-8-7-9-17(20)14-21-25-24-18(11-12-28-25)13-19(30(4,5)6)15-23(24)29-26(21)22;1-5-10(6-2)12(14)9-13(15)11(7-3)8-4;/h7-13,15H,16H2,1-6H3;9-11,14H,5-8H2,1-4H3;/q-1;;/b;12-9-;. The first-order valence-electron chi connectivity index (χ1n) is 16.7. The Morgan fingerprint density at radius 3 is 2.20 bits per heavy atom. The van der Waals surface area contributed by atoms with Crippen molar-refractivity contribution in [1.82, 2.24) is 4.98 Å². The minimum atomic E-state index is -1.49. The van der Waals surface area contributed by atoms with E-state index in [1.807, 2.05) is 33.9 Å². The van der Waals surface area contributed by atoms with Gasteiger partial charge < -0.3 is 9.84 Å². The fourth-order valence-electron chi connectivity index (χ4n) is 6.18. The molecule has 2 heterocycles. The largest absolute Gasteiger partial charge is 0.512 e. The predicted molar refractivity (Wildman–Crippen MR) is 194 cm³/mol. The van der Waals surface area contributed by atoms with E-state index >= 15 is 0 Å². The van der Waals surface area contributed by atoms with E-state index in [1.165, 1.54) is 27.6 Å². The van der Waals surface area contributed by atoms with Gasteiger partial charge in [-0.3, -0.25) is 9.78 Å². The molecule has 0 unspecified atom stereocenters. The second-order valence-electron chi connectivity index (χ2n) is 14.7. The third kappa shape index (κ3) is 8.37. The third-order valence-corrected chi connectivity index (χ3v) is 11.0. The zero-order valence-electron chi connectivity index (χ0n) is 29.4. The zero-order valence-corrected chi connectivity index (χ0v) is 32.8. The molecule has 0 saturated carbocycles. The van der Waals surface area contributed by atoms with Gasteiger partial charge in [0.2, 0.25) is 0 Å². The molecule has 249 valence electrons. The number of rotatable bonds is 9. The van der Waals surface area contributed by atoms with E-state index in [4.69, 9.17) is 9.72 Å². The summed E-state index contributed by atoms with van der Waals surface area (Å²) >= 11 is 0. The predicted octanol–water partition coefficient (Wildman–Crippen LogP) is 11.0. The number of nitrogens with zero attached hydrogens (tertiary/aromatic N) is 1. The fraction of sp³-hybridized carbons (Fsp3) is 0.450. The van der Waals surface area contributed by atoms with Crippen LogP contribution in [0, 0.1) is 23.3 Å². The summed E-state index contributed by atoms with van der Waals surface area (Å²) in [6, 6.07) is 18.9. The second-order valence-corrected chi connectivity index (χ2v) is 19.8. The van der Waals surface area contributed by atoms with Gasteiger partial charge >= 0.3 is 0 Å². The number of pyridine rings is 1. The van der Waals surface area contributed by atoms with E-state index in [0.717, 1.165) is 65.6 Å². The molecule has 0 atom stereocenters. The number of aliphatic hydroxyl groups excluding tert-OH is 1. The van der Waals surface area contributed by atoms with Crippen LogP contribution in [0.3, 0.4) is 0 Å². The van der Waals surface area contributed by atoms with Crippen LogP contribution in [0.1, 0.15) is 79.7 Å². The summed E-state index contributed by atoms with van der Waals surface area (Å²) in [6.07, 6.45) is 7.77. The molecule has 1 aromatic heterocycles. The fourth-order valence-corrected chi connectivity index (χ4v) is 7.33. The molecule has 0 amide bonds. The number of hydrogen-bond acceptors (Lipinski definition) is 4. The SMILES string of the molecule is CC(C)(C)Cc1c2c([c-]c3ccccc13)-c1nccc3cc([Si](C)(C)C)cc(c13)O2.CCC(CC)C(=O)/C=C(\O)C(CC)CC.[Ir]. The Balaban J connectivity index is 0.000000309. The summed E-state index contributed by atoms with van der Waals surface area (Å²) in [5.74, 6) is 2.43. The molecule has 6 heteroatoms. The number of fused-ring (bicyclic) bond motifs is 3. The van der Waals surface area contributed by atoms with E-state index in [0.29, 0.717) is 0 Å². The van der Waals surface area contributed by atoms with Crippen molar-refractivity contribution in [3.8, 4) is 22.8 Å². The number of aliphatic hydroxyl groups is 1. The molecule has 0 fully saturated rings. The maximum atomic E-state index is 11.7. The van der Waals surface area contributed by atoms with Gasteiger partial charge in [0.25, 0.3) is 0 Å². The Morgan fingerprint density at radius 2 is 1.61 bits per heavy atom. The average molecular weight is 815 g/mol. The van der Waals surface area contributed by atoms with Gasteiger partial charge in [0, 0.05) is 55.3 Å². The molecular formula is C40H52IrNO3Si-. The second kappa shape index (κ2) is 15.4. The maximum Gasteiger partial charge on any atom is 0.162 e. The smallest absolute Gasteiger partial charge is 0.162 e. The molecule has 3 aromatic carbocycles. The van der Waals surface area contributed by atoms with Crippen molar-refractivity contribution in [2.45, 2.75) is 100 Å². The summed E-state index contributed by atoms with van der Waals surface area (Å²) < 4.78 is 6.72. The van der Waals surface area contributed by atoms with Crippen molar-refractivity contribution in [3.63, 3.8) is 0 Å². The Labute approximate surface area is 291 Å². The summed E-state index contributed by atoms with van der Waals surface area (Å²) in [4.78, 5) is 16.5. The number of hydrogen-bond donors (Lipinski definition) is 1. The number of carbonyl (C=O) groups excluding carboxylic acids is 1. The number of ether oxygens (including phenoxy) is 1. The molecule has 4 nitrogen and oxygen atoms in total. The van der Waals surface area contributed by atoms with Crippen LogP contribution in [0.2, 0.25) is 19.6 Å². The Morgan fingerprint density at radius 1 is 0.978 bits per heavy atom. The molecule has 4 aromatic rings. The van der Waals surface area contributed by atoms with Crippen molar-refractivity contribution >= 4 is 40.6 Å². The van der Waals surface area contributed by atoms with Crippen LogP contribution in [-0.2, 0) is 31.3 Å². The van der Waals surface area contributed by atoms with Crippen molar-refractivity contribution in [2.75, 3.05) is 0 Å². The topological polar surface area (TPSA) is 59.4 Å². The van der Waals surface area contributed by atoms with Crippen molar-refractivity contribution in [1.29, 1.82) is 0 Å². The quantitative estimate of drug-likeness (QED) is 0.0697. The molecule has 1 radical (unpaired) electrons. The van der Waals surface area contributed by atoms with Crippen molar-refractivity contribution in [3.05, 3.63) is 72.1 Å². The van der Waals surface area contributed by atoms with Crippen LogP contribution in [0.5, 0.6) is 11.5 Å². The zero-order chi connectivity index (χ0) is 33.1. The van der Waals surface area contributed by atoms with E-state index in [9.17, 15) is 9.90 Å². The van der Waals surface area contributed by atoms with Crippen LogP contribution >= 0.6 is 0 Å². The van der Waals surface area contributed by atoms with E-state index < -0.39 is 8.07 Å². The van der Waals surface area contributed by atoms with Gasteiger partial charge in [-0.2, -0.15) is 0 Å². The summed E-state index contributed by atoms with van der Waals surface area (Å²) in [5.41, 5.74) is 3.38. The Kier molecular flexibility index (Phi) is 12.6. The van der Waals surface area contributed by atoms with Gasteiger partial charge in [0.1, 0.15) is 5.75 Å². The number of carbonyl (C=O) groups is 1. The Hall–Kier alpha value is -2.79. The number of benzene rings is 3. The van der Waals surface area contributed by atoms with Gasteiger partial charge in [0.15, 0.2) is 5.78 Å². The minimum absolute atomic E-state index is 0. The van der Waals surface area contributed by atoms with Crippen molar-refractivity contribution < 1.29 is 34.7 Å². The number of allylic oxidation sites excluding steroid dienone is 2. The van der Waals surface area contributed by atoms with Gasteiger partial charge in [-0.05, 0) is 55.0 Å². The summed E-state index contributed by atoms with van der Waals surface area (Å²) in [5, 5.41) is 15.8. The first kappa shape index (κ1) is 37.7.